The summed E-state index contributed by atoms with van der Waals surface area (Å²) in [6.07, 6.45) is 5.19. The Morgan fingerprint density at radius 1 is 1.26 bits per heavy atom. The van der Waals surface area contributed by atoms with Crippen molar-refractivity contribution in [2.24, 2.45) is 0 Å². The second kappa shape index (κ2) is 10.6. The molecule has 1 aliphatic heterocycles. The van der Waals surface area contributed by atoms with Gasteiger partial charge < -0.3 is 9.94 Å². The number of anilines is 1. The highest BCUT2D eigenvalue weighted by atomic mass is 32.2. The molecule has 1 atom stereocenters. The SMILES string of the molecule is CC(=O)Nc1cc(-c2sc(-c3ncn(C4CCCCO4)n3)c(S(=O)(=O)c3ccc(C)cc3)c2C#N)cc[n+]1O. The molecule has 1 fully saturated rings. The van der Waals surface area contributed by atoms with Crippen molar-refractivity contribution in [2.75, 3.05) is 11.9 Å². The molecule has 200 valence electrons. The van der Waals surface area contributed by atoms with Gasteiger partial charge in [0, 0.05) is 25.2 Å². The standard InChI is InChI=1S/C26H24N6O5S2/c1-16-6-8-19(9-7-16)39(35,36)25-20(14-27)23(18-10-11-32(34)21(13-18)29-17(2)33)38-24(25)26-28-15-31(30-26)22-5-3-4-12-37-22/h6-11,13,15,22,34H,3-5,12H2,1-2H3/p+1. The number of aryl methyl sites for hydroxylation is 1. The van der Waals surface area contributed by atoms with Crippen LogP contribution in [-0.2, 0) is 19.4 Å². The fourth-order valence-corrected chi connectivity index (χ4v) is 7.40. The molecule has 1 saturated heterocycles. The Morgan fingerprint density at radius 3 is 2.69 bits per heavy atom. The summed E-state index contributed by atoms with van der Waals surface area (Å²) in [6, 6.07) is 11.4. The van der Waals surface area contributed by atoms with Crippen molar-refractivity contribution in [3.05, 3.63) is 60.0 Å². The topological polar surface area (TPSA) is 151 Å². The molecule has 4 heterocycles. The smallest absolute Gasteiger partial charge is 0.321 e. The molecule has 0 bridgehead atoms. The molecule has 1 unspecified atom stereocenters. The van der Waals surface area contributed by atoms with Crippen LogP contribution in [0, 0.1) is 18.3 Å². The van der Waals surface area contributed by atoms with Gasteiger partial charge in [-0.05, 0) is 44.4 Å². The van der Waals surface area contributed by atoms with E-state index >= 15 is 0 Å². The Morgan fingerprint density at radius 2 is 2.03 bits per heavy atom. The van der Waals surface area contributed by atoms with E-state index in [9.17, 15) is 23.7 Å². The molecule has 1 aliphatic rings. The number of sulfone groups is 1. The number of carbonyl (C=O) groups excluding carboxylic acids is 1. The first-order chi connectivity index (χ1) is 18.7. The number of rotatable bonds is 6. The lowest BCUT2D eigenvalue weighted by Gasteiger charge is -2.21. The first kappa shape index (κ1) is 26.5. The van der Waals surface area contributed by atoms with E-state index < -0.39 is 15.7 Å². The number of nitriles is 1. The Labute approximate surface area is 228 Å². The van der Waals surface area contributed by atoms with Crippen LogP contribution in [0.2, 0.25) is 0 Å². The van der Waals surface area contributed by atoms with Crippen LogP contribution in [0.4, 0.5) is 5.82 Å². The first-order valence-electron chi connectivity index (χ1n) is 12.1. The number of amides is 1. The minimum atomic E-state index is -4.17. The van der Waals surface area contributed by atoms with Gasteiger partial charge in [-0.3, -0.25) is 0 Å². The molecule has 13 heteroatoms. The Bertz CT molecular complexity index is 1700. The predicted molar refractivity (Wildman–Crippen MR) is 141 cm³/mol. The van der Waals surface area contributed by atoms with Crippen LogP contribution >= 0.6 is 11.3 Å². The van der Waals surface area contributed by atoms with E-state index in [-0.39, 0.29) is 38.1 Å². The lowest BCUT2D eigenvalue weighted by atomic mass is 10.1. The molecule has 11 nitrogen and oxygen atoms in total. The van der Waals surface area contributed by atoms with Crippen molar-refractivity contribution in [1.82, 2.24) is 14.8 Å². The lowest BCUT2D eigenvalue weighted by molar-refractivity contribution is -0.893. The summed E-state index contributed by atoms with van der Waals surface area (Å²) in [5.74, 6) is -0.207. The van der Waals surface area contributed by atoms with Crippen LogP contribution in [0.1, 0.15) is 43.5 Å². The number of aromatic nitrogens is 4. The Kier molecular flexibility index (Phi) is 7.17. The van der Waals surface area contributed by atoms with Gasteiger partial charge in [-0.1, -0.05) is 22.4 Å². The number of nitrogens with zero attached hydrogens (tertiary/aromatic N) is 5. The molecule has 3 aromatic heterocycles. The first-order valence-corrected chi connectivity index (χ1v) is 14.4. The van der Waals surface area contributed by atoms with Crippen molar-refractivity contribution in [2.45, 2.75) is 49.1 Å². The molecule has 0 aliphatic carbocycles. The minimum absolute atomic E-state index is 0.0328. The lowest BCUT2D eigenvalue weighted by Crippen LogP contribution is -2.34. The van der Waals surface area contributed by atoms with Crippen molar-refractivity contribution in [1.29, 1.82) is 5.26 Å². The van der Waals surface area contributed by atoms with Crippen molar-refractivity contribution >= 4 is 32.9 Å². The second-order valence-electron chi connectivity index (χ2n) is 9.09. The van der Waals surface area contributed by atoms with Crippen LogP contribution in [-0.4, -0.2) is 40.9 Å². The van der Waals surface area contributed by atoms with E-state index in [1.807, 2.05) is 6.92 Å². The predicted octanol–water partition coefficient (Wildman–Crippen LogP) is 3.87. The third-order valence-electron chi connectivity index (χ3n) is 6.24. The van der Waals surface area contributed by atoms with Crippen LogP contribution in [0.25, 0.3) is 21.1 Å². The molecule has 2 N–H and O–H groups in total. The summed E-state index contributed by atoms with van der Waals surface area (Å²) in [6.45, 7) is 3.75. The molecule has 0 radical (unpaired) electrons. The highest BCUT2D eigenvalue weighted by molar-refractivity contribution is 7.92. The summed E-state index contributed by atoms with van der Waals surface area (Å²) in [5, 5.41) is 27.5. The van der Waals surface area contributed by atoms with Gasteiger partial charge in [-0.25, -0.2) is 28.2 Å². The molecule has 5 rings (SSSR count). The van der Waals surface area contributed by atoms with Crippen molar-refractivity contribution < 1.29 is 27.9 Å². The van der Waals surface area contributed by atoms with Gasteiger partial charge in [-0.15, -0.1) is 16.4 Å². The van der Waals surface area contributed by atoms with Crippen LogP contribution in [0.3, 0.4) is 0 Å². The van der Waals surface area contributed by atoms with Crippen LogP contribution in [0.15, 0.2) is 58.7 Å². The number of benzene rings is 1. The highest BCUT2D eigenvalue weighted by Gasteiger charge is 2.34. The normalized spacial score (nSPS) is 15.6. The van der Waals surface area contributed by atoms with Gasteiger partial charge in [0.1, 0.15) is 23.5 Å². The number of hydrogen-bond donors (Lipinski definition) is 2. The fraction of sp³-hybridized carbons (Fsp3) is 0.269. The van der Waals surface area contributed by atoms with Crippen LogP contribution in [0.5, 0.6) is 0 Å². The van der Waals surface area contributed by atoms with E-state index in [1.54, 1.807) is 16.8 Å². The molecular formula is C26H25N6O5S2+. The zero-order chi connectivity index (χ0) is 27.7. The molecule has 0 saturated carbocycles. The van der Waals surface area contributed by atoms with Gasteiger partial charge in [0.2, 0.25) is 9.84 Å². The fourth-order valence-electron chi connectivity index (χ4n) is 4.32. The third-order valence-corrected chi connectivity index (χ3v) is 9.44. The number of carbonyl (C=O) groups is 1. The zero-order valence-electron chi connectivity index (χ0n) is 21.2. The number of pyridine rings is 1. The number of ether oxygens (including phenoxy) is 1. The van der Waals surface area contributed by atoms with Crippen molar-refractivity contribution in [3.8, 4) is 27.2 Å². The van der Waals surface area contributed by atoms with Gasteiger partial charge in [-0.2, -0.15) is 5.26 Å². The summed E-state index contributed by atoms with van der Waals surface area (Å²) in [5.41, 5.74) is 1.23. The average molecular weight is 566 g/mol. The monoisotopic (exact) mass is 565 g/mol. The maximum atomic E-state index is 14.0. The van der Waals surface area contributed by atoms with Gasteiger partial charge in [0.25, 0.3) is 0 Å². The van der Waals surface area contributed by atoms with E-state index in [4.69, 9.17) is 4.74 Å². The molecule has 4 aromatic rings. The quantitative estimate of drug-likeness (QED) is 0.264. The molecular weight excluding hydrogens is 540 g/mol. The maximum absolute atomic E-state index is 14.0. The van der Waals surface area contributed by atoms with Gasteiger partial charge in [0.05, 0.1) is 20.2 Å². The number of thiophene rings is 1. The largest absolute Gasteiger partial charge is 0.356 e. The average Bonchev–Trinajstić information content (AvgIpc) is 3.56. The second-order valence-corrected chi connectivity index (χ2v) is 12.0. The molecule has 0 spiro atoms. The Balaban J connectivity index is 1.72. The summed E-state index contributed by atoms with van der Waals surface area (Å²) in [7, 11) is -4.17. The maximum Gasteiger partial charge on any atom is 0.321 e. The molecule has 1 amide bonds. The minimum Gasteiger partial charge on any atom is -0.356 e. The third kappa shape index (κ3) is 5.14. The summed E-state index contributed by atoms with van der Waals surface area (Å²) >= 11 is 1.05. The van der Waals surface area contributed by atoms with Gasteiger partial charge >= 0.3 is 11.7 Å². The van der Waals surface area contributed by atoms with Crippen LogP contribution < -0.4 is 10.0 Å². The molecule has 1 aromatic carbocycles. The van der Waals surface area contributed by atoms with E-state index in [0.29, 0.717) is 17.0 Å². The van der Waals surface area contributed by atoms with E-state index in [0.717, 1.165) is 40.9 Å². The van der Waals surface area contributed by atoms with Gasteiger partial charge in [0.15, 0.2) is 12.1 Å². The zero-order valence-corrected chi connectivity index (χ0v) is 22.8. The highest BCUT2D eigenvalue weighted by Crippen LogP contribution is 2.45. The summed E-state index contributed by atoms with van der Waals surface area (Å²) < 4.78 is 36.1. The van der Waals surface area contributed by atoms with Crippen molar-refractivity contribution in [3.63, 3.8) is 0 Å². The number of hydrogen-bond acceptors (Lipinski definition) is 9. The Hall–Kier alpha value is -4.12. The van der Waals surface area contributed by atoms with E-state index in [2.05, 4.69) is 21.5 Å². The van der Waals surface area contributed by atoms with E-state index in [1.165, 1.54) is 43.7 Å². The molecule has 39 heavy (non-hydrogen) atoms. The summed E-state index contributed by atoms with van der Waals surface area (Å²) in [4.78, 5) is 16.4. The number of nitrogens with one attached hydrogen (secondary N) is 1.